The van der Waals surface area contributed by atoms with Gasteiger partial charge in [-0.25, -0.2) is 4.39 Å². The summed E-state index contributed by atoms with van der Waals surface area (Å²) >= 11 is 0. The van der Waals surface area contributed by atoms with E-state index in [1.54, 1.807) is 39.9 Å². The van der Waals surface area contributed by atoms with E-state index in [1.807, 2.05) is 19.0 Å². The lowest BCUT2D eigenvalue weighted by atomic mass is 10.1. The van der Waals surface area contributed by atoms with E-state index < -0.39 is 11.7 Å². The van der Waals surface area contributed by atoms with Crippen molar-refractivity contribution in [1.29, 1.82) is 0 Å². The Morgan fingerprint density at radius 1 is 1.18 bits per heavy atom. The number of fused-ring (bicyclic) bond motifs is 1. The maximum Gasteiger partial charge on any atom is 0.246 e. The Morgan fingerprint density at radius 3 is 2.73 bits per heavy atom. The fourth-order valence-electron chi connectivity index (χ4n) is 5.34. The van der Waals surface area contributed by atoms with Gasteiger partial charge in [0.2, 0.25) is 23.7 Å². The number of likely N-dealkylation sites (tertiary alicyclic amines) is 1. The molecule has 2 amide bonds. The summed E-state index contributed by atoms with van der Waals surface area (Å²) in [5.74, 6) is -0.127. The topological polar surface area (TPSA) is 129 Å². The number of benzene rings is 1. The number of anilines is 3. The number of carbonyl (C=O) groups is 2. The Hall–Kier alpha value is -4.10. The first-order valence-corrected chi connectivity index (χ1v) is 15.2. The van der Waals surface area contributed by atoms with E-state index >= 15 is 0 Å². The smallest absolute Gasteiger partial charge is 0.246 e. The molecule has 4 heterocycles. The molecule has 2 aliphatic rings. The first-order valence-electron chi connectivity index (χ1n) is 15.2. The van der Waals surface area contributed by atoms with Crippen LogP contribution in [0.3, 0.4) is 0 Å². The van der Waals surface area contributed by atoms with Gasteiger partial charge in [0.1, 0.15) is 5.82 Å². The molecule has 1 atom stereocenters. The molecule has 44 heavy (non-hydrogen) atoms. The summed E-state index contributed by atoms with van der Waals surface area (Å²) in [7, 11) is 3.85. The van der Waals surface area contributed by atoms with E-state index in [4.69, 9.17) is 14.7 Å². The summed E-state index contributed by atoms with van der Waals surface area (Å²) in [6.45, 7) is 7.34. The fraction of sp³-hybridized carbons (Fsp3) is 0.516. The highest BCUT2D eigenvalue weighted by Crippen LogP contribution is 2.25. The Balaban J connectivity index is 1.25. The number of nitrogens with zero attached hydrogens (tertiary/aromatic N) is 6. The molecule has 0 saturated carbocycles. The lowest BCUT2D eigenvalue weighted by molar-refractivity contribution is -0.125. The van der Waals surface area contributed by atoms with Gasteiger partial charge in [0.15, 0.2) is 5.65 Å². The average Bonchev–Trinajstić information content (AvgIpc) is 3.66. The lowest BCUT2D eigenvalue weighted by Gasteiger charge is -2.23. The number of hydrogen-bond donors (Lipinski definition) is 3. The summed E-state index contributed by atoms with van der Waals surface area (Å²) in [4.78, 5) is 38.6. The molecule has 0 bridgehead atoms. The summed E-state index contributed by atoms with van der Waals surface area (Å²) in [5.41, 5.74) is 2.57. The second-order valence-corrected chi connectivity index (χ2v) is 12.0. The van der Waals surface area contributed by atoms with Crippen molar-refractivity contribution in [2.75, 3.05) is 62.9 Å². The number of aromatic nitrogens is 4. The number of ether oxygens (including phenoxy) is 1. The summed E-state index contributed by atoms with van der Waals surface area (Å²) < 4.78 is 21.9. The van der Waals surface area contributed by atoms with Gasteiger partial charge < -0.3 is 30.5 Å². The fourth-order valence-corrected chi connectivity index (χ4v) is 5.34. The van der Waals surface area contributed by atoms with Crippen molar-refractivity contribution < 1.29 is 18.7 Å². The zero-order valence-electron chi connectivity index (χ0n) is 25.8. The summed E-state index contributed by atoms with van der Waals surface area (Å²) in [6.07, 6.45) is 7.43. The van der Waals surface area contributed by atoms with Crippen LogP contribution >= 0.6 is 0 Å². The van der Waals surface area contributed by atoms with Crippen molar-refractivity contribution in [3.63, 3.8) is 0 Å². The molecule has 12 nitrogen and oxygen atoms in total. The number of rotatable bonds is 11. The minimum Gasteiger partial charge on any atom is -0.381 e. The van der Waals surface area contributed by atoms with E-state index in [9.17, 15) is 14.0 Å². The molecular formula is C31H42FN9O3. The first kappa shape index (κ1) is 31.3. The molecule has 1 unspecified atom stereocenters. The number of hydrogen-bond acceptors (Lipinski definition) is 9. The highest BCUT2D eigenvalue weighted by atomic mass is 19.1. The zero-order valence-corrected chi connectivity index (χ0v) is 25.8. The molecule has 3 N–H and O–H groups in total. The van der Waals surface area contributed by atoms with Crippen molar-refractivity contribution in [3.05, 3.63) is 53.5 Å². The van der Waals surface area contributed by atoms with Crippen LogP contribution in [0, 0.1) is 11.7 Å². The molecule has 0 spiro atoms. The summed E-state index contributed by atoms with van der Waals surface area (Å²) in [6, 6.07) is 4.84. The Kier molecular flexibility index (Phi) is 10.1. The van der Waals surface area contributed by atoms with Crippen molar-refractivity contribution in [2.45, 2.75) is 51.6 Å². The van der Waals surface area contributed by atoms with Crippen LogP contribution < -0.4 is 16.0 Å². The zero-order chi connectivity index (χ0) is 31.2. The van der Waals surface area contributed by atoms with Crippen LogP contribution in [0.2, 0.25) is 0 Å². The van der Waals surface area contributed by atoms with Gasteiger partial charge in [-0.05, 0) is 57.0 Å². The highest BCUT2D eigenvalue weighted by molar-refractivity contribution is 5.94. The maximum absolute atomic E-state index is 14.8. The monoisotopic (exact) mass is 607 g/mol. The molecule has 3 aromatic rings. The molecule has 2 fully saturated rings. The molecule has 2 aromatic heterocycles. The molecular weight excluding hydrogens is 565 g/mol. The van der Waals surface area contributed by atoms with Crippen LogP contribution in [0.1, 0.15) is 50.2 Å². The van der Waals surface area contributed by atoms with Gasteiger partial charge in [-0.2, -0.15) is 19.6 Å². The van der Waals surface area contributed by atoms with E-state index in [0.29, 0.717) is 57.7 Å². The largest absolute Gasteiger partial charge is 0.381 e. The van der Waals surface area contributed by atoms with E-state index in [2.05, 4.69) is 34.9 Å². The first-order chi connectivity index (χ1) is 21.2. The number of halogens is 1. The highest BCUT2D eigenvalue weighted by Gasteiger charge is 2.30. The predicted octanol–water partition coefficient (Wildman–Crippen LogP) is 3.49. The van der Waals surface area contributed by atoms with Crippen LogP contribution in [-0.2, 0) is 20.9 Å². The lowest BCUT2D eigenvalue weighted by Crippen LogP contribution is -2.30. The molecule has 2 saturated heterocycles. The SMILES string of the molecule is CC(C)c1cnn2c(NCc3ccc(F)c(NC(=O)C4CCN(C(=O)/C=C/CN(C)C)C4)c3)nc(NC3CCOCC3)nc12. The minimum absolute atomic E-state index is 0.0980. The second kappa shape index (κ2) is 14.1. The maximum atomic E-state index is 14.8. The van der Waals surface area contributed by atoms with Crippen LogP contribution in [0.15, 0.2) is 36.5 Å². The van der Waals surface area contributed by atoms with E-state index in [-0.39, 0.29) is 29.5 Å². The van der Waals surface area contributed by atoms with Crippen LogP contribution in [0.5, 0.6) is 0 Å². The molecule has 13 heteroatoms. The Morgan fingerprint density at radius 2 is 1.98 bits per heavy atom. The molecule has 0 radical (unpaired) electrons. The number of likely N-dealkylation sites (N-methyl/N-ethyl adjacent to an activating group) is 1. The third kappa shape index (κ3) is 7.69. The van der Waals surface area contributed by atoms with Crippen molar-refractivity contribution in [1.82, 2.24) is 29.4 Å². The van der Waals surface area contributed by atoms with Crippen LogP contribution in [-0.4, -0.2) is 94.2 Å². The molecule has 1 aromatic carbocycles. The van der Waals surface area contributed by atoms with Crippen molar-refractivity contribution >= 4 is 35.0 Å². The quantitative estimate of drug-likeness (QED) is 0.281. The third-order valence-corrected chi connectivity index (χ3v) is 7.91. The molecule has 2 aliphatic heterocycles. The van der Waals surface area contributed by atoms with Gasteiger partial charge in [-0.15, -0.1) is 0 Å². The summed E-state index contributed by atoms with van der Waals surface area (Å²) in [5, 5.41) is 14.0. The van der Waals surface area contributed by atoms with Gasteiger partial charge in [-0.3, -0.25) is 9.59 Å². The number of carbonyl (C=O) groups excluding carboxylic acids is 2. The van der Waals surface area contributed by atoms with Gasteiger partial charge in [0.05, 0.1) is 17.8 Å². The van der Waals surface area contributed by atoms with Crippen molar-refractivity contribution in [2.24, 2.45) is 5.92 Å². The second-order valence-electron chi connectivity index (χ2n) is 12.0. The number of nitrogens with one attached hydrogen (secondary N) is 3. The normalized spacial score (nSPS) is 17.7. The molecule has 236 valence electrons. The Labute approximate surface area is 257 Å². The molecule has 0 aliphatic carbocycles. The van der Waals surface area contributed by atoms with Gasteiger partial charge in [0, 0.05) is 57.1 Å². The van der Waals surface area contributed by atoms with Crippen LogP contribution in [0.4, 0.5) is 22.0 Å². The van der Waals surface area contributed by atoms with Gasteiger partial charge in [0.25, 0.3) is 0 Å². The molecule has 5 rings (SSSR count). The van der Waals surface area contributed by atoms with Crippen LogP contribution in [0.25, 0.3) is 5.65 Å². The van der Waals surface area contributed by atoms with Gasteiger partial charge >= 0.3 is 0 Å². The standard InChI is InChI=1S/C31H42FN9O3/c1-20(2)24-18-34-41-28(24)37-30(35-23-10-14-44-15-11-23)38-31(41)33-17-21-7-8-25(32)26(16-21)36-29(43)22-9-13-40(19-22)27(42)6-5-12-39(3)4/h5-8,16,18,20,22-23H,9-15,17,19H2,1-4H3,(H,36,43)(H2,33,35,37,38)/b6-5+. The average molecular weight is 608 g/mol. The van der Waals surface area contributed by atoms with E-state index in [0.717, 1.165) is 29.6 Å². The third-order valence-electron chi connectivity index (χ3n) is 7.91. The predicted molar refractivity (Wildman–Crippen MR) is 167 cm³/mol. The Bertz CT molecular complexity index is 1500. The number of amides is 2. The van der Waals surface area contributed by atoms with E-state index in [1.165, 1.54) is 6.07 Å². The van der Waals surface area contributed by atoms with Crippen molar-refractivity contribution in [3.8, 4) is 0 Å². The van der Waals surface area contributed by atoms with Gasteiger partial charge in [-0.1, -0.05) is 26.0 Å². The minimum atomic E-state index is -0.527.